The fraction of sp³-hybridized carbons (Fsp3) is 0.909. The van der Waals surface area contributed by atoms with E-state index in [2.05, 4.69) is 10.6 Å². The highest BCUT2D eigenvalue weighted by atomic mass is 32.2. The Bertz CT molecular complexity index is 213. The average Bonchev–Trinajstić information content (AvgIpc) is 3.03. The highest BCUT2D eigenvalue weighted by Crippen LogP contribution is 2.21. The number of hydrogen-bond donors (Lipinski definition) is 2. The van der Waals surface area contributed by atoms with Gasteiger partial charge in [-0.05, 0) is 49.7 Å². The Balaban J connectivity index is 1.51. The van der Waals surface area contributed by atoms with Crippen LogP contribution < -0.4 is 10.6 Å². The SMILES string of the molecule is O=C(CNCC1CCSCC1)NC1CC1. The van der Waals surface area contributed by atoms with Gasteiger partial charge in [0.1, 0.15) is 0 Å². The first-order valence-corrected chi connectivity index (χ1v) is 7.08. The molecule has 1 saturated carbocycles. The van der Waals surface area contributed by atoms with E-state index in [0.717, 1.165) is 12.5 Å². The molecule has 1 saturated heterocycles. The van der Waals surface area contributed by atoms with Crippen LogP contribution in [0.5, 0.6) is 0 Å². The summed E-state index contributed by atoms with van der Waals surface area (Å²) in [4.78, 5) is 11.4. The van der Waals surface area contributed by atoms with Crippen molar-refractivity contribution in [2.75, 3.05) is 24.6 Å². The van der Waals surface area contributed by atoms with Gasteiger partial charge in [-0.25, -0.2) is 0 Å². The molecule has 86 valence electrons. The van der Waals surface area contributed by atoms with E-state index in [-0.39, 0.29) is 5.91 Å². The van der Waals surface area contributed by atoms with Gasteiger partial charge in [0.15, 0.2) is 0 Å². The molecule has 2 fully saturated rings. The van der Waals surface area contributed by atoms with Crippen molar-refractivity contribution in [3.05, 3.63) is 0 Å². The molecule has 4 heteroatoms. The maximum absolute atomic E-state index is 11.4. The maximum Gasteiger partial charge on any atom is 0.234 e. The van der Waals surface area contributed by atoms with Crippen molar-refractivity contribution in [2.24, 2.45) is 5.92 Å². The Kier molecular flexibility index (Phi) is 4.32. The smallest absolute Gasteiger partial charge is 0.234 e. The fourth-order valence-corrected chi connectivity index (χ4v) is 3.05. The van der Waals surface area contributed by atoms with Gasteiger partial charge in [0.2, 0.25) is 5.91 Å². The highest BCUT2D eigenvalue weighted by Gasteiger charge is 2.23. The van der Waals surface area contributed by atoms with Crippen molar-refractivity contribution in [3.8, 4) is 0 Å². The third kappa shape index (κ3) is 4.43. The summed E-state index contributed by atoms with van der Waals surface area (Å²) in [6, 6.07) is 0.491. The summed E-state index contributed by atoms with van der Waals surface area (Å²) in [5, 5.41) is 6.25. The molecule has 1 aliphatic carbocycles. The first kappa shape index (κ1) is 11.3. The lowest BCUT2D eigenvalue weighted by molar-refractivity contribution is -0.120. The summed E-state index contributed by atoms with van der Waals surface area (Å²) in [5.74, 6) is 3.55. The van der Waals surface area contributed by atoms with Gasteiger partial charge < -0.3 is 10.6 Å². The van der Waals surface area contributed by atoms with Gasteiger partial charge in [0.05, 0.1) is 6.54 Å². The van der Waals surface area contributed by atoms with Crippen LogP contribution in [0.3, 0.4) is 0 Å². The molecule has 1 aliphatic heterocycles. The van der Waals surface area contributed by atoms with E-state index in [4.69, 9.17) is 0 Å². The number of hydrogen-bond acceptors (Lipinski definition) is 3. The van der Waals surface area contributed by atoms with Crippen LogP contribution in [0.4, 0.5) is 0 Å². The van der Waals surface area contributed by atoms with Gasteiger partial charge in [0, 0.05) is 6.04 Å². The molecule has 0 aromatic carbocycles. The highest BCUT2D eigenvalue weighted by molar-refractivity contribution is 7.99. The van der Waals surface area contributed by atoms with E-state index >= 15 is 0 Å². The molecular formula is C11H20N2OS. The molecule has 3 nitrogen and oxygen atoms in total. The first-order chi connectivity index (χ1) is 7.34. The zero-order valence-electron chi connectivity index (χ0n) is 9.13. The van der Waals surface area contributed by atoms with Crippen molar-refractivity contribution in [3.63, 3.8) is 0 Å². The molecule has 1 amide bonds. The lowest BCUT2D eigenvalue weighted by atomic mass is 10.0. The number of carbonyl (C=O) groups is 1. The van der Waals surface area contributed by atoms with Crippen LogP contribution in [-0.2, 0) is 4.79 Å². The van der Waals surface area contributed by atoms with Gasteiger partial charge >= 0.3 is 0 Å². The molecular weight excluding hydrogens is 208 g/mol. The van der Waals surface area contributed by atoms with Crippen LogP contribution in [0, 0.1) is 5.92 Å². The van der Waals surface area contributed by atoms with Crippen molar-refractivity contribution in [1.29, 1.82) is 0 Å². The molecule has 2 aliphatic rings. The van der Waals surface area contributed by atoms with Gasteiger partial charge in [0.25, 0.3) is 0 Å². The van der Waals surface area contributed by atoms with Crippen LogP contribution in [0.1, 0.15) is 25.7 Å². The second kappa shape index (κ2) is 5.75. The number of carbonyl (C=O) groups excluding carboxylic acids is 1. The molecule has 15 heavy (non-hydrogen) atoms. The summed E-state index contributed by atoms with van der Waals surface area (Å²) in [6.07, 6.45) is 4.96. The lowest BCUT2D eigenvalue weighted by Gasteiger charge is -2.21. The zero-order valence-corrected chi connectivity index (χ0v) is 9.94. The van der Waals surface area contributed by atoms with Gasteiger partial charge in [-0.1, -0.05) is 0 Å². The van der Waals surface area contributed by atoms with Crippen molar-refractivity contribution in [1.82, 2.24) is 10.6 Å². The Morgan fingerprint density at radius 3 is 2.60 bits per heavy atom. The molecule has 0 bridgehead atoms. The quantitative estimate of drug-likeness (QED) is 0.737. The third-order valence-corrected chi connectivity index (χ3v) is 4.05. The van der Waals surface area contributed by atoms with Crippen LogP contribution in [0.15, 0.2) is 0 Å². The van der Waals surface area contributed by atoms with Crippen molar-refractivity contribution < 1.29 is 4.79 Å². The number of nitrogens with one attached hydrogen (secondary N) is 2. The largest absolute Gasteiger partial charge is 0.352 e. The summed E-state index contributed by atoms with van der Waals surface area (Å²) in [5.41, 5.74) is 0. The number of amides is 1. The van der Waals surface area contributed by atoms with Crippen molar-refractivity contribution >= 4 is 17.7 Å². The molecule has 1 heterocycles. The van der Waals surface area contributed by atoms with Gasteiger partial charge in [-0.3, -0.25) is 4.79 Å². The maximum atomic E-state index is 11.4. The minimum absolute atomic E-state index is 0.169. The third-order valence-electron chi connectivity index (χ3n) is 3.00. The van der Waals surface area contributed by atoms with E-state index in [1.165, 1.54) is 37.2 Å². The van der Waals surface area contributed by atoms with E-state index < -0.39 is 0 Å². The Labute approximate surface area is 95.8 Å². The molecule has 2 rings (SSSR count). The van der Waals surface area contributed by atoms with Crippen LogP contribution >= 0.6 is 11.8 Å². The monoisotopic (exact) mass is 228 g/mol. The standard InChI is InChI=1S/C11H20N2OS/c14-11(13-10-1-2-10)8-12-7-9-3-5-15-6-4-9/h9-10,12H,1-8H2,(H,13,14). The van der Waals surface area contributed by atoms with E-state index in [1.54, 1.807) is 0 Å². The molecule has 0 unspecified atom stereocenters. The average molecular weight is 228 g/mol. The van der Waals surface area contributed by atoms with Gasteiger partial charge in [-0.2, -0.15) is 11.8 Å². The molecule has 0 spiro atoms. The second-order valence-electron chi connectivity index (χ2n) is 4.53. The van der Waals surface area contributed by atoms with Crippen molar-refractivity contribution in [2.45, 2.75) is 31.7 Å². The van der Waals surface area contributed by atoms with E-state index in [9.17, 15) is 4.79 Å². The van der Waals surface area contributed by atoms with E-state index in [1.807, 2.05) is 11.8 Å². The van der Waals surface area contributed by atoms with E-state index in [0.29, 0.717) is 12.6 Å². The zero-order chi connectivity index (χ0) is 10.5. The molecule has 0 radical (unpaired) electrons. The summed E-state index contributed by atoms with van der Waals surface area (Å²) in [7, 11) is 0. The summed E-state index contributed by atoms with van der Waals surface area (Å²) >= 11 is 2.05. The predicted octanol–water partition coefficient (Wildman–Crippen LogP) is 0.998. The lowest BCUT2D eigenvalue weighted by Crippen LogP contribution is -2.37. The Morgan fingerprint density at radius 1 is 1.20 bits per heavy atom. The van der Waals surface area contributed by atoms with Crippen LogP contribution in [-0.4, -0.2) is 36.5 Å². The minimum atomic E-state index is 0.169. The second-order valence-corrected chi connectivity index (χ2v) is 5.75. The fourth-order valence-electron chi connectivity index (χ4n) is 1.85. The Hall–Kier alpha value is -0.220. The topological polar surface area (TPSA) is 41.1 Å². The minimum Gasteiger partial charge on any atom is -0.352 e. The molecule has 0 aromatic heterocycles. The summed E-state index contributed by atoms with van der Waals surface area (Å²) in [6.45, 7) is 1.51. The molecule has 0 aromatic rings. The van der Waals surface area contributed by atoms with Gasteiger partial charge in [-0.15, -0.1) is 0 Å². The van der Waals surface area contributed by atoms with Crippen LogP contribution in [0.2, 0.25) is 0 Å². The molecule has 0 atom stereocenters. The predicted molar refractivity (Wildman–Crippen MR) is 64.1 cm³/mol. The Morgan fingerprint density at radius 2 is 1.93 bits per heavy atom. The number of rotatable bonds is 5. The normalized spacial score (nSPS) is 22.7. The molecule has 2 N–H and O–H groups in total. The van der Waals surface area contributed by atoms with Crippen LogP contribution in [0.25, 0.3) is 0 Å². The summed E-state index contributed by atoms with van der Waals surface area (Å²) < 4.78 is 0. The number of thioether (sulfide) groups is 1. The first-order valence-electron chi connectivity index (χ1n) is 5.92.